The van der Waals surface area contributed by atoms with Crippen LogP contribution in [0.2, 0.25) is 6.04 Å². The number of hydrogen-bond acceptors (Lipinski definition) is 2. The van der Waals surface area contributed by atoms with Gasteiger partial charge in [0.15, 0.2) is 0 Å². The summed E-state index contributed by atoms with van der Waals surface area (Å²) in [7, 11) is 1.12. The zero-order valence-corrected chi connectivity index (χ0v) is 16.8. The Morgan fingerprint density at radius 1 is 1.05 bits per heavy atom. The second kappa shape index (κ2) is 15.3. The highest BCUT2D eigenvalue weighted by Crippen LogP contribution is 2.13. The molecular weight excluding hydrogens is 482 g/mol. The topological polar surface area (TPSA) is 26.3 Å². The number of carbonyl (C=O) groups is 1. The first kappa shape index (κ1) is 19.9. The van der Waals surface area contributed by atoms with Crippen LogP contribution in [0.1, 0.15) is 51.4 Å². The van der Waals surface area contributed by atoms with Crippen molar-refractivity contribution in [3.05, 3.63) is 12.7 Å². The highest BCUT2D eigenvalue weighted by molar-refractivity contribution is 14.2. The maximum Gasteiger partial charge on any atom is 0.330 e. The summed E-state index contributed by atoms with van der Waals surface area (Å²) in [5, 5.41) is 0. The zero-order valence-electron chi connectivity index (χ0n) is 11.5. The molecule has 0 unspecified atom stereocenters. The molecule has 0 bridgehead atoms. The largest absolute Gasteiger partial charge is 0.463 e. The molecule has 0 N–H and O–H groups in total. The summed E-state index contributed by atoms with van der Waals surface area (Å²) in [5.74, 6) is -0.305. The van der Waals surface area contributed by atoms with Crippen LogP contribution >= 0.6 is 45.2 Å². The molecule has 0 aliphatic heterocycles. The Hall–Kier alpha value is 0.887. The molecule has 0 heterocycles. The summed E-state index contributed by atoms with van der Waals surface area (Å²) in [6.45, 7) is 3.91. The maximum absolute atomic E-state index is 10.8. The summed E-state index contributed by atoms with van der Waals surface area (Å²) in [6.07, 6.45) is 11.5. The predicted octanol–water partition coefficient (Wildman–Crippen LogP) is 5.11. The average molecular weight is 506 g/mol. The van der Waals surface area contributed by atoms with Gasteiger partial charge in [0.1, 0.15) is 0 Å². The number of unbranched alkanes of at least 4 members (excludes halogenated alkanes) is 7. The molecule has 2 radical (unpaired) electrons. The van der Waals surface area contributed by atoms with E-state index < -0.39 is 0 Å². The molecule has 0 aromatic carbocycles. The molecule has 110 valence electrons. The van der Waals surface area contributed by atoms with Crippen LogP contribution in [-0.2, 0) is 9.53 Å². The van der Waals surface area contributed by atoms with Crippen LogP contribution in [-0.4, -0.2) is 23.7 Å². The Kier molecular flexibility index (Phi) is 16.0. The Bertz CT molecular complexity index is 235. The molecule has 2 nitrogen and oxygen atoms in total. The second-order valence-corrected chi connectivity index (χ2v) is 13.2. The molecule has 0 atom stereocenters. The van der Waals surface area contributed by atoms with Gasteiger partial charge in [0, 0.05) is 6.08 Å². The minimum absolute atomic E-state index is 0.305. The van der Waals surface area contributed by atoms with Crippen molar-refractivity contribution < 1.29 is 9.53 Å². The normalized spacial score (nSPS) is 10.7. The molecule has 0 saturated carbocycles. The smallest absolute Gasteiger partial charge is 0.330 e. The van der Waals surface area contributed by atoms with E-state index in [2.05, 4.69) is 51.8 Å². The molecular formula is C14H24I2O2Si. The van der Waals surface area contributed by atoms with E-state index in [0.29, 0.717) is 6.61 Å². The van der Waals surface area contributed by atoms with Crippen molar-refractivity contribution in [1.82, 2.24) is 0 Å². The lowest BCUT2D eigenvalue weighted by Gasteiger charge is -2.03. The molecule has 19 heavy (non-hydrogen) atoms. The molecule has 5 heteroatoms. The first-order valence-corrected chi connectivity index (χ1v) is 10.7. The molecule has 0 amide bonds. The first-order chi connectivity index (χ1) is 9.16. The Balaban J connectivity index is 3.03. The molecule has 0 rings (SSSR count). The third-order valence-electron chi connectivity index (χ3n) is 2.78. The summed E-state index contributed by atoms with van der Waals surface area (Å²) in [4.78, 5) is 10.8. The third-order valence-corrected chi connectivity index (χ3v) is 6.37. The maximum atomic E-state index is 10.8. The lowest BCUT2D eigenvalue weighted by atomic mass is 10.1. The fourth-order valence-corrected chi connectivity index (χ4v) is 4.27. The Morgan fingerprint density at radius 2 is 1.58 bits per heavy atom. The molecule has 0 spiro atoms. The van der Waals surface area contributed by atoms with Crippen molar-refractivity contribution in [3.8, 4) is 0 Å². The SMILES string of the molecule is C=CC(=O)OCCCCCCCCCC[Si]C(I)I. The van der Waals surface area contributed by atoms with Crippen molar-refractivity contribution >= 4 is 60.7 Å². The van der Waals surface area contributed by atoms with Gasteiger partial charge in [-0.05, 0) is 6.42 Å². The summed E-state index contributed by atoms with van der Waals surface area (Å²) in [6, 6.07) is 1.41. The van der Waals surface area contributed by atoms with Crippen molar-refractivity contribution in [2.75, 3.05) is 6.61 Å². The fourth-order valence-electron chi connectivity index (χ4n) is 1.73. The first-order valence-electron chi connectivity index (χ1n) is 6.97. The predicted molar refractivity (Wildman–Crippen MR) is 100 cm³/mol. The number of ether oxygens (including phenoxy) is 1. The van der Waals surface area contributed by atoms with Crippen molar-refractivity contribution in [2.45, 2.75) is 59.0 Å². The van der Waals surface area contributed by atoms with Gasteiger partial charge in [0.2, 0.25) is 0 Å². The van der Waals surface area contributed by atoms with Crippen molar-refractivity contribution in [3.63, 3.8) is 0 Å². The van der Waals surface area contributed by atoms with Crippen LogP contribution in [0.5, 0.6) is 0 Å². The van der Waals surface area contributed by atoms with E-state index in [9.17, 15) is 4.79 Å². The molecule has 0 saturated heterocycles. The van der Waals surface area contributed by atoms with Crippen LogP contribution in [0.3, 0.4) is 0 Å². The van der Waals surface area contributed by atoms with Gasteiger partial charge in [-0.2, -0.15) is 0 Å². The Labute approximate surface area is 147 Å². The van der Waals surface area contributed by atoms with E-state index in [1.165, 1.54) is 50.6 Å². The number of rotatable bonds is 13. The van der Waals surface area contributed by atoms with Gasteiger partial charge in [-0.25, -0.2) is 4.79 Å². The van der Waals surface area contributed by atoms with Gasteiger partial charge in [-0.3, -0.25) is 0 Å². The number of alkyl halides is 2. The summed E-state index contributed by atoms with van der Waals surface area (Å²) < 4.78 is 5.75. The van der Waals surface area contributed by atoms with Gasteiger partial charge < -0.3 is 4.74 Å². The average Bonchev–Trinajstić information content (AvgIpc) is 2.39. The summed E-state index contributed by atoms with van der Waals surface area (Å²) >= 11 is 5.00. The van der Waals surface area contributed by atoms with Crippen molar-refractivity contribution in [1.29, 1.82) is 0 Å². The molecule has 0 aliphatic rings. The highest BCUT2D eigenvalue weighted by Gasteiger charge is 1.99. The van der Waals surface area contributed by atoms with E-state index in [1.807, 2.05) is 0 Å². The second-order valence-electron chi connectivity index (χ2n) is 4.45. The van der Waals surface area contributed by atoms with Crippen LogP contribution in [0.25, 0.3) is 0 Å². The van der Waals surface area contributed by atoms with Gasteiger partial charge in [0.25, 0.3) is 0 Å². The lowest BCUT2D eigenvalue weighted by molar-refractivity contribution is -0.137. The van der Waals surface area contributed by atoms with E-state index in [0.717, 1.165) is 23.9 Å². The number of hydrogen-bond donors (Lipinski definition) is 0. The number of esters is 1. The Morgan fingerprint density at radius 3 is 2.11 bits per heavy atom. The van der Waals surface area contributed by atoms with Crippen LogP contribution in [0, 0.1) is 0 Å². The van der Waals surface area contributed by atoms with Crippen LogP contribution in [0.15, 0.2) is 12.7 Å². The van der Waals surface area contributed by atoms with E-state index >= 15 is 0 Å². The monoisotopic (exact) mass is 506 g/mol. The van der Waals surface area contributed by atoms with Crippen molar-refractivity contribution in [2.24, 2.45) is 0 Å². The minimum Gasteiger partial charge on any atom is -0.463 e. The van der Waals surface area contributed by atoms with E-state index in [-0.39, 0.29) is 5.97 Å². The number of halogens is 2. The van der Waals surface area contributed by atoms with Crippen LogP contribution in [0.4, 0.5) is 0 Å². The third kappa shape index (κ3) is 16.8. The fraction of sp³-hybridized carbons (Fsp3) is 0.786. The zero-order chi connectivity index (χ0) is 14.3. The lowest BCUT2D eigenvalue weighted by Crippen LogP contribution is -2.01. The molecule has 0 aliphatic carbocycles. The van der Waals surface area contributed by atoms with E-state index in [4.69, 9.17) is 4.74 Å². The quantitative estimate of drug-likeness (QED) is 0.0867. The van der Waals surface area contributed by atoms with Gasteiger partial charge in [-0.1, -0.05) is 103 Å². The summed E-state index contributed by atoms with van der Waals surface area (Å²) in [5.41, 5.74) is 0. The van der Waals surface area contributed by atoms with Gasteiger partial charge in [0.05, 0.1) is 17.7 Å². The highest BCUT2D eigenvalue weighted by atomic mass is 127. The number of carbonyl (C=O) groups excluding carboxylic acids is 1. The minimum atomic E-state index is -0.305. The molecule has 0 aromatic heterocycles. The molecule has 0 fully saturated rings. The van der Waals surface area contributed by atoms with Gasteiger partial charge >= 0.3 is 5.97 Å². The standard InChI is InChI=1S/C14H24I2O2Si/c1-2-13(17)18-11-9-7-5-3-4-6-8-10-12-19-14(15)16/h2,14H,1,3-12H2. The van der Waals surface area contributed by atoms with Crippen LogP contribution < -0.4 is 0 Å². The van der Waals surface area contributed by atoms with Gasteiger partial charge in [-0.15, -0.1) is 0 Å². The van der Waals surface area contributed by atoms with E-state index in [1.54, 1.807) is 0 Å². The molecule has 0 aromatic rings.